The minimum Gasteiger partial charge on any atom is -0.332 e. The SMILES string of the molecule is CCC(=O)N1CCN(c2ccc(S(=O)(=O)NC)cc2)C(=O)C1.CNS(=O)(=O)c1ccc(N2CCNCC2=O)cc1. The standard InChI is InChI=1S/C14H19N3O4S.C11H15N3O3S/c1-3-13(18)16-8-9-17(14(19)10-16)11-4-6-12(7-5-11)22(20,21)15-2;1-12-18(16,17)10-4-2-9(3-5-10)14-7-6-13-8-11(14)15/h4-7,15H,3,8-10H2,1-2H3;2-5,12-13H,6-8H2,1H3. The first-order chi connectivity index (χ1) is 18.9. The van der Waals surface area contributed by atoms with E-state index in [1.165, 1.54) is 38.4 Å². The maximum atomic E-state index is 12.2. The summed E-state index contributed by atoms with van der Waals surface area (Å²) in [6.07, 6.45) is 0.379. The number of carbonyl (C=O) groups is 3. The van der Waals surface area contributed by atoms with Gasteiger partial charge in [0.1, 0.15) is 6.54 Å². The Morgan fingerprint density at radius 3 is 1.65 bits per heavy atom. The first kappa shape index (κ1) is 31.2. The highest BCUT2D eigenvalue weighted by Crippen LogP contribution is 2.21. The van der Waals surface area contributed by atoms with E-state index in [1.54, 1.807) is 45.9 Å². The van der Waals surface area contributed by atoms with Crippen LogP contribution in [0, 0.1) is 0 Å². The molecule has 4 rings (SSSR count). The molecule has 3 amide bonds. The normalized spacial score (nSPS) is 16.4. The van der Waals surface area contributed by atoms with Crippen molar-refractivity contribution in [2.45, 2.75) is 23.1 Å². The van der Waals surface area contributed by atoms with Crippen LogP contribution in [0.15, 0.2) is 58.3 Å². The monoisotopic (exact) mass is 594 g/mol. The molecule has 0 atom stereocenters. The van der Waals surface area contributed by atoms with Crippen molar-refractivity contribution in [3.63, 3.8) is 0 Å². The van der Waals surface area contributed by atoms with Crippen molar-refractivity contribution in [2.24, 2.45) is 0 Å². The molecular weight excluding hydrogens is 560 g/mol. The summed E-state index contributed by atoms with van der Waals surface area (Å²) >= 11 is 0. The number of hydrogen-bond donors (Lipinski definition) is 3. The lowest BCUT2D eigenvalue weighted by atomic mass is 10.2. The number of carbonyl (C=O) groups excluding carboxylic acids is 3. The van der Waals surface area contributed by atoms with E-state index in [-0.39, 0.29) is 34.1 Å². The summed E-state index contributed by atoms with van der Waals surface area (Å²) in [5.74, 6) is -0.216. The van der Waals surface area contributed by atoms with E-state index in [9.17, 15) is 31.2 Å². The zero-order chi connectivity index (χ0) is 29.5. The van der Waals surface area contributed by atoms with E-state index in [0.29, 0.717) is 38.3 Å². The van der Waals surface area contributed by atoms with Gasteiger partial charge in [0.05, 0.1) is 16.3 Å². The highest BCUT2D eigenvalue weighted by Gasteiger charge is 2.27. The van der Waals surface area contributed by atoms with Crippen LogP contribution in [0.5, 0.6) is 0 Å². The molecular formula is C25H34N6O7S2. The number of amides is 3. The van der Waals surface area contributed by atoms with Crippen LogP contribution in [0.2, 0.25) is 0 Å². The van der Waals surface area contributed by atoms with E-state index < -0.39 is 20.0 Å². The van der Waals surface area contributed by atoms with Gasteiger partial charge in [-0.1, -0.05) is 6.92 Å². The van der Waals surface area contributed by atoms with E-state index in [0.717, 1.165) is 12.2 Å². The van der Waals surface area contributed by atoms with Crippen molar-refractivity contribution < 1.29 is 31.2 Å². The van der Waals surface area contributed by atoms with Crippen molar-refractivity contribution >= 4 is 49.1 Å². The van der Waals surface area contributed by atoms with Crippen molar-refractivity contribution in [3.05, 3.63) is 48.5 Å². The number of sulfonamides is 2. The Morgan fingerprint density at radius 1 is 0.775 bits per heavy atom. The lowest BCUT2D eigenvalue weighted by Crippen LogP contribution is -2.52. The molecule has 2 aliphatic heterocycles. The average molecular weight is 595 g/mol. The lowest BCUT2D eigenvalue weighted by Gasteiger charge is -2.34. The predicted molar refractivity (Wildman–Crippen MR) is 150 cm³/mol. The van der Waals surface area contributed by atoms with E-state index >= 15 is 0 Å². The number of piperazine rings is 2. The van der Waals surface area contributed by atoms with Gasteiger partial charge in [0.25, 0.3) is 0 Å². The van der Waals surface area contributed by atoms with Crippen LogP contribution in [0.1, 0.15) is 13.3 Å². The summed E-state index contributed by atoms with van der Waals surface area (Å²) < 4.78 is 50.9. The zero-order valence-electron chi connectivity index (χ0n) is 22.6. The Bertz CT molecular complexity index is 1430. The second-order valence-electron chi connectivity index (χ2n) is 8.84. The molecule has 40 heavy (non-hydrogen) atoms. The molecule has 0 spiro atoms. The summed E-state index contributed by atoms with van der Waals surface area (Å²) in [5, 5.41) is 2.98. The van der Waals surface area contributed by atoms with Gasteiger partial charge in [0, 0.05) is 44.0 Å². The minimum atomic E-state index is -3.49. The van der Waals surface area contributed by atoms with Crippen molar-refractivity contribution in [3.8, 4) is 0 Å². The van der Waals surface area contributed by atoms with Gasteiger partial charge in [0.15, 0.2) is 0 Å². The van der Waals surface area contributed by atoms with E-state index in [4.69, 9.17) is 0 Å². The number of nitrogens with zero attached hydrogens (tertiary/aromatic N) is 3. The molecule has 0 unspecified atom stereocenters. The highest BCUT2D eigenvalue weighted by molar-refractivity contribution is 7.89. The van der Waals surface area contributed by atoms with Crippen molar-refractivity contribution in [1.82, 2.24) is 19.7 Å². The Labute approximate surface area is 234 Å². The van der Waals surface area contributed by atoms with Crippen LogP contribution >= 0.6 is 0 Å². The van der Waals surface area contributed by atoms with Crippen LogP contribution in [-0.4, -0.2) is 92.8 Å². The predicted octanol–water partition coefficient (Wildman–Crippen LogP) is -0.289. The van der Waals surface area contributed by atoms with E-state index in [1.807, 2.05) is 0 Å². The molecule has 0 saturated carbocycles. The summed E-state index contributed by atoms with van der Waals surface area (Å²) in [4.78, 5) is 40.5. The topological polar surface area (TPSA) is 165 Å². The molecule has 2 saturated heterocycles. The smallest absolute Gasteiger partial charge is 0.246 e. The molecule has 15 heteroatoms. The van der Waals surface area contributed by atoms with Crippen LogP contribution in [0.4, 0.5) is 11.4 Å². The van der Waals surface area contributed by atoms with Gasteiger partial charge in [-0.25, -0.2) is 26.3 Å². The molecule has 0 radical (unpaired) electrons. The van der Waals surface area contributed by atoms with Crippen LogP contribution in [0.25, 0.3) is 0 Å². The molecule has 2 aliphatic rings. The van der Waals surface area contributed by atoms with Crippen LogP contribution in [0.3, 0.4) is 0 Å². The Hall–Kier alpha value is -3.37. The fraction of sp³-hybridized carbons (Fsp3) is 0.400. The molecule has 2 heterocycles. The van der Waals surface area contributed by atoms with Crippen LogP contribution < -0.4 is 24.6 Å². The second-order valence-corrected chi connectivity index (χ2v) is 12.6. The lowest BCUT2D eigenvalue weighted by molar-refractivity contribution is -0.136. The number of rotatable bonds is 7. The first-order valence-corrected chi connectivity index (χ1v) is 15.6. The third kappa shape index (κ3) is 7.42. The summed E-state index contributed by atoms with van der Waals surface area (Å²) in [6, 6.07) is 12.4. The first-order valence-electron chi connectivity index (χ1n) is 12.6. The zero-order valence-corrected chi connectivity index (χ0v) is 24.2. The molecule has 2 aromatic carbocycles. The number of hydrogen-bond acceptors (Lipinski definition) is 8. The third-order valence-corrected chi connectivity index (χ3v) is 9.28. The highest BCUT2D eigenvalue weighted by atomic mass is 32.2. The maximum Gasteiger partial charge on any atom is 0.246 e. The Kier molecular flexibility index (Phi) is 10.4. The number of benzene rings is 2. The fourth-order valence-electron chi connectivity index (χ4n) is 4.11. The number of nitrogens with one attached hydrogen (secondary N) is 3. The van der Waals surface area contributed by atoms with Crippen molar-refractivity contribution in [2.75, 3.05) is 63.2 Å². The molecule has 13 nitrogen and oxygen atoms in total. The van der Waals surface area contributed by atoms with Gasteiger partial charge in [-0.05, 0) is 62.6 Å². The molecule has 0 aliphatic carbocycles. The number of anilines is 2. The van der Waals surface area contributed by atoms with Gasteiger partial charge in [0.2, 0.25) is 37.8 Å². The Morgan fingerprint density at radius 2 is 1.25 bits per heavy atom. The van der Waals surface area contributed by atoms with Gasteiger partial charge >= 0.3 is 0 Å². The summed E-state index contributed by atoms with van der Waals surface area (Å²) in [7, 11) is -4.21. The minimum absolute atomic E-state index is 0.00882. The summed E-state index contributed by atoms with van der Waals surface area (Å²) in [6.45, 7) is 4.36. The third-order valence-electron chi connectivity index (χ3n) is 6.42. The fourth-order valence-corrected chi connectivity index (χ4v) is 5.57. The van der Waals surface area contributed by atoms with Crippen LogP contribution in [-0.2, 0) is 34.4 Å². The largest absolute Gasteiger partial charge is 0.332 e. The quantitative estimate of drug-likeness (QED) is 0.394. The molecule has 2 aromatic rings. The maximum absolute atomic E-state index is 12.2. The van der Waals surface area contributed by atoms with E-state index in [2.05, 4.69) is 14.8 Å². The molecule has 3 N–H and O–H groups in total. The second kappa shape index (κ2) is 13.3. The molecule has 218 valence electrons. The average Bonchev–Trinajstić information content (AvgIpc) is 2.97. The Balaban J connectivity index is 0.000000225. The molecule has 2 fully saturated rings. The molecule has 0 aromatic heterocycles. The molecule has 0 bridgehead atoms. The van der Waals surface area contributed by atoms with Gasteiger partial charge in [-0.2, -0.15) is 0 Å². The van der Waals surface area contributed by atoms with Crippen molar-refractivity contribution in [1.29, 1.82) is 0 Å². The summed E-state index contributed by atoms with van der Waals surface area (Å²) in [5.41, 5.74) is 1.35. The van der Waals surface area contributed by atoms with Gasteiger partial charge < -0.3 is 20.0 Å². The van der Waals surface area contributed by atoms with Gasteiger partial charge in [-0.15, -0.1) is 0 Å². The van der Waals surface area contributed by atoms with Gasteiger partial charge in [-0.3, -0.25) is 14.4 Å².